The summed E-state index contributed by atoms with van der Waals surface area (Å²) in [6.07, 6.45) is 2.45. The second kappa shape index (κ2) is 5.94. The first kappa shape index (κ1) is 14.8. The number of fused-ring (bicyclic) bond motifs is 1. The van der Waals surface area contributed by atoms with Crippen LogP contribution < -0.4 is 14.9 Å². The van der Waals surface area contributed by atoms with Gasteiger partial charge in [-0.2, -0.15) is 0 Å². The van der Waals surface area contributed by atoms with E-state index in [4.69, 9.17) is 0 Å². The minimum absolute atomic E-state index is 0.394. The number of rotatable bonds is 4. The highest BCUT2D eigenvalue weighted by Crippen LogP contribution is 2.32. The molecule has 0 saturated carbocycles. The van der Waals surface area contributed by atoms with E-state index < -0.39 is 10.0 Å². The van der Waals surface area contributed by atoms with Gasteiger partial charge in [0.05, 0.1) is 5.69 Å². The second-order valence-corrected chi connectivity index (χ2v) is 7.57. The van der Waals surface area contributed by atoms with Crippen molar-refractivity contribution in [2.75, 3.05) is 31.1 Å². The van der Waals surface area contributed by atoms with Gasteiger partial charge in [0.25, 0.3) is 0 Å². The van der Waals surface area contributed by atoms with Crippen molar-refractivity contribution in [3.63, 3.8) is 0 Å². The zero-order valence-corrected chi connectivity index (χ0v) is 13.2. The Morgan fingerprint density at radius 3 is 2.90 bits per heavy atom. The van der Waals surface area contributed by atoms with Crippen molar-refractivity contribution in [1.29, 1.82) is 0 Å². The number of hydrogen-bond acceptors (Lipinski definition) is 4. The standard InChI is InChI=1S/C15H23N3O2S/c1-2-17-21(19,20)15-8-4-3-7-14(15)18-10-12-6-5-9-16-13(12)11-18/h3-4,7-8,12-13,16-17H,2,5-6,9-11H2,1H3/t12-,13+/m0/s1. The van der Waals surface area contributed by atoms with Crippen molar-refractivity contribution < 1.29 is 8.42 Å². The molecule has 2 fully saturated rings. The van der Waals surface area contributed by atoms with E-state index >= 15 is 0 Å². The number of nitrogens with zero attached hydrogens (tertiary/aromatic N) is 1. The Kier molecular flexibility index (Phi) is 4.19. The van der Waals surface area contributed by atoms with Crippen molar-refractivity contribution in [2.24, 2.45) is 5.92 Å². The molecule has 3 rings (SSSR count). The summed E-state index contributed by atoms with van der Waals surface area (Å²) >= 11 is 0. The van der Waals surface area contributed by atoms with E-state index in [-0.39, 0.29) is 0 Å². The van der Waals surface area contributed by atoms with Gasteiger partial charge in [-0.15, -0.1) is 0 Å². The smallest absolute Gasteiger partial charge is 0.242 e. The number of hydrogen-bond donors (Lipinski definition) is 2. The molecular formula is C15H23N3O2S. The molecule has 2 N–H and O–H groups in total. The molecule has 0 unspecified atom stereocenters. The summed E-state index contributed by atoms with van der Waals surface area (Å²) in [6.45, 7) is 5.12. The topological polar surface area (TPSA) is 61.4 Å². The van der Waals surface area contributed by atoms with E-state index in [1.165, 1.54) is 12.8 Å². The molecule has 0 aromatic heterocycles. The highest BCUT2D eigenvalue weighted by Gasteiger charge is 2.35. The van der Waals surface area contributed by atoms with Gasteiger partial charge < -0.3 is 10.2 Å². The molecule has 21 heavy (non-hydrogen) atoms. The summed E-state index contributed by atoms with van der Waals surface area (Å²) < 4.78 is 27.3. The Hall–Kier alpha value is -1.11. The van der Waals surface area contributed by atoms with Gasteiger partial charge in [-0.25, -0.2) is 13.1 Å². The second-order valence-electron chi connectivity index (χ2n) is 5.84. The van der Waals surface area contributed by atoms with Gasteiger partial charge >= 0.3 is 0 Å². The van der Waals surface area contributed by atoms with Gasteiger partial charge in [0.2, 0.25) is 10.0 Å². The lowest BCUT2D eigenvalue weighted by Gasteiger charge is -2.24. The number of anilines is 1. The average molecular weight is 309 g/mol. The number of nitrogens with one attached hydrogen (secondary N) is 2. The highest BCUT2D eigenvalue weighted by atomic mass is 32.2. The van der Waals surface area contributed by atoms with Crippen LogP contribution in [0.2, 0.25) is 0 Å². The van der Waals surface area contributed by atoms with E-state index in [1.54, 1.807) is 19.1 Å². The van der Waals surface area contributed by atoms with Crippen LogP contribution in [0.15, 0.2) is 29.2 Å². The molecule has 2 atom stereocenters. The van der Waals surface area contributed by atoms with Crippen LogP contribution in [-0.2, 0) is 10.0 Å². The minimum Gasteiger partial charge on any atom is -0.369 e. The minimum atomic E-state index is -3.42. The zero-order chi connectivity index (χ0) is 14.9. The van der Waals surface area contributed by atoms with Gasteiger partial charge in [0.1, 0.15) is 4.90 Å². The van der Waals surface area contributed by atoms with Crippen molar-refractivity contribution in [1.82, 2.24) is 10.0 Å². The van der Waals surface area contributed by atoms with Gasteiger partial charge in [0.15, 0.2) is 0 Å². The third kappa shape index (κ3) is 2.93. The molecule has 0 radical (unpaired) electrons. The SMILES string of the molecule is CCNS(=O)(=O)c1ccccc1N1C[C@@H]2CCCN[C@@H]2C1. The Labute approximate surface area is 126 Å². The molecule has 0 bridgehead atoms. The molecule has 2 aliphatic rings. The summed E-state index contributed by atoms with van der Waals surface area (Å²) in [5.41, 5.74) is 0.828. The molecule has 2 aliphatic heterocycles. The van der Waals surface area contributed by atoms with Crippen LogP contribution in [0.4, 0.5) is 5.69 Å². The Bertz CT molecular complexity index is 589. The van der Waals surface area contributed by atoms with Gasteiger partial charge in [0, 0.05) is 25.7 Å². The van der Waals surface area contributed by atoms with Crippen LogP contribution in [0, 0.1) is 5.92 Å². The first-order valence-corrected chi connectivity index (χ1v) is 9.17. The quantitative estimate of drug-likeness (QED) is 0.876. The molecule has 0 aliphatic carbocycles. The fraction of sp³-hybridized carbons (Fsp3) is 0.600. The van der Waals surface area contributed by atoms with Crippen LogP contribution in [0.5, 0.6) is 0 Å². The van der Waals surface area contributed by atoms with Crippen LogP contribution in [0.3, 0.4) is 0 Å². The van der Waals surface area contributed by atoms with E-state index in [0.717, 1.165) is 25.3 Å². The average Bonchev–Trinajstić information content (AvgIpc) is 2.91. The van der Waals surface area contributed by atoms with Gasteiger partial charge in [-0.3, -0.25) is 0 Å². The maximum absolute atomic E-state index is 12.4. The van der Waals surface area contributed by atoms with Gasteiger partial charge in [-0.1, -0.05) is 19.1 Å². The summed E-state index contributed by atoms with van der Waals surface area (Å²) in [4.78, 5) is 2.61. The lowest BCUT2D eigenvalue weighted by Crippen LogP contribution is -2.40. The van der Waals surface area contributed by atoms with Crippen LogP contribution in [-0.4, -0.2) is 40.6 Å². The highest BCUT2D eigenvalue weighted by molar-refractivity contribution is 7.89. The van der Waals surface area contributed by atoms with Crippen LogP contribution >= 0.6 is 0 Å². The molecular weight excluding hydrogens is 286 g/mol. The molecule has 6 heteroatoms. The van der Waals surface area contributed by atoms with Crippen molar-refractivity contribution >= 4 is 15.7 Å². The number of benzene rings is 1. The predicted molar refractivity (Wildman–Crippen MR) is 84.0 cm³/mol. The first-order valence-electron chi connectivity index (χ1n) is 7.69. The summed E-state index contributed by atoms with van der Waals surface area (Å²) in [5, 5.41) is 3.56. The maximum atomic E-state index is 12.4. The molecule has 1 aromatic carbocycles. The van der Waals surface area contributed by atoms with Crippen molar-refractivity contribution in [2.45, 2.75) is 30.7 Å². The number of para-hydroxylation sites is 1. The summed E-state index contributed by atoms with van der Waals surface area (Å²) in [5.74, 6) is 0.633. The zero-order valence-electron chi connectivity index (χ0n) is 12.4. The summed E-state index contributed by atoms with van der Waals surface area (Å²) in [6, 6.07) is 7.81. The van der Waals surface area contributed by atoms with Gasteiger partial charge in [-0.05, 0) is 37.4 Å². The lowest BCUT2D eigenvalue weighted by atomic mass is 9.94. The third-order valence-electron chi connectivity index (χ3n) is 4.43. The lowest BCUT2D eigenvalue weighted by molar-refractivity contribution is 0.340. The van der Waals surface area contributed by atoms with E-state index in [2.05, 4.69) is 14.9 Å². The normalized spacial score (nSPS) is 25.9. The molecule has 0 amide bonds. The molecule has 0 spiro atoms. The fourth-order valence-electron chi connectivity index (χ4n) is 3.46. The largest absolute Gasteiger partial charge is 0.369 e. The Morgan fingerprint density at radius 1 is 1.33 bits per heavy atom. The van der Waals surface area contributed by atoms with Crippen molar-refractivity contribution in [3.8, 4) is 0 Å². The van der Waals surface area contributed by atoms with Crippen LogP contribution in [0.1, 0.15) is 19.8 Å². The van der Waals surface area contributed by atoms with E-state index in [9.17, 15) is 8.42 Å². The van der Waals surface area contributed by atoms with Crippen LogP contribution in [0.25, 0.3) is 0 Å². The Morgan fingerprint density at radius 2 is 2.14 bits per heavy atom. The van der Waals surface area contributed by atoms with E-state index in [0.29, 0.717) is 23.4 Å². The summed E-state index contributed by atoms with van der Waals surface area (Å²) in [7, 11) is -3.42. The molecule has 2 heterocycles. The molecule has 2 saturated heterocycles. The molecule has 5 nitrogen and oxygen atoms in total. The van der Waals surface area contributed by atoms with E-state index in [1.807, 2.05) is 12.1 Å². The predicted octanol–water partition coefficient (Wildman–Crippen LogP) is 1.17. The maximum Gasteiger partial charge on any atom is 0.242 e. The molecule has 116 valence electrons. The Balaban J connectivity index is 1.89. The number of piperidine rings is 1. The molecule has 1 aromatic rings. The third-order valence-corrected chi connectivity index (χ3v) is 6.02. The monoisotopic (exact) mass is 309 g/mol. The first-order chi connectivity index (χ1) is 10.1. The number of sulfonamides is 1. The van der Waals surface area contributed by atoms with Crippen molar-refractivity contribution in [3.05, 3.63) is 24.3 Å². The fourth-order valence-corrected chi connectivity index (χ4v) is 4.72.